The molecule has 4 aromatic rings. The van der Waals surface area contributed by atoms with Crippen LogP contribution in [0.3, 0.4) is 0 Å². The van der Waals surface area contributed by atoms with E-state index in [0.29, 0.717) is 24.3 Å². The Morgan fingerprint density at radius 2 is 1.44 bits per heavy atom. The van der Waals surface area contributed by atoms with Crippen LogP contribution in [-0.4, -0.2) is 63.5 Å². The average molecular weight is 704 g/mol. The Balaban J connectivity index is 1.18. The van der Waals surface area contributed by atoms with E-state index in [9.17, 15) is 13.6 Å². The van der Waals surface area contributed by atoms with Crippen molar-refractivity contribution in [1.29, 1.82) is 0 Å². The number of ether oxygens (including phenoxy) is 1. The first-order valence-corrected chi connectivity index (χ1v) is 19.2. The highest BCUT2D eigenvalue weighted by Crippen LogP contribution is 2.36. The molecule has 4 aromatic carbocycles. The standard InChI is InChI=1S/C40H48F3N3O3Si/c1-40(2,3)50(35-11-7-5-8-12-35,36-13-9-6-10-14-36)49-24-23-48-29-32-16-15-30(25-37(32)42)27-44-39(47)46(34-19-21-45(4)22-20-34)28-31-17-18-33(41)26-38(31)43/h5-18,25-26,34H,19-24,27-29H2,1-4H3,(H,44,47). The first-order chi connectivity index (χ1) is 24.0. The maximum atomic E-state index is 15.2. The normalized spacial score (nSPS) is 14.5. The molecule has 1 aliphatic rings. The predicted molar refractivity (Wildman–Crippen MR) is 194 cm³/mol. The molecule has 1 fully saturated rings. The smallest absolute Gasteiger partial charge is 0.318 e. The van der Waals surface area contributed by atoms with Crippen molar-refractivity contribution in [3.8, 4) is 0 Å². The molecule has 6 nitrogen and oxygen atoms in total. The minimum Gasteiger partial charge on any atom is -0.405 e. The minimum absolute atomic E-state index is 0.0107. The quantitative estimate of drug-likeness (QED) is 0.120. The monoisotopic (exact) mass is 703 g/mol. The molecule has 266 valence electrons. The van der Waals surface area contributed by atoms with E-state index in [4.69, 9.17) is 9.16 Å². The van der Waals surface area contributed by atoms with E-state index in [1.165, 1.54) is 28.6 Å². The van der Waals surface area contributed by atoms with E-state index in [0.717, 1.165) is 32.0 Å². The zero-order valence-electron chi connectivity index (χ0n) is 29.4. The molecule has 2 amide bonds. The Morgan fingerprint density at radius 1 is 0.840 bits per heavy atom. The lowest BCUT2D eigenvalue weighted by Gasteiger charge is -2.43. The number of carbonyl (C=O) groups is 1. The molecule has 0 aliphatic carbocycles. The summed E-state index contributed by atoms with van der Waals surface area (Å²) in [4.78, 5) is 17.2. The summed E-state index contributed by atoms with van der Waals surface area (Å²) >= 11 is 0. The maximum absolute atomic E-state index is 15.2. The lowest BCUT2D eigenvalue weighted by molar-refractivity contribution is 0.0842. The highest BCUT2D eigenvalue weighted by molar-refractivity contribution is 6.99. The topological polar surface area (TPSA) is 54.0 Å². The Bertz CT molecular complexity index is 1660. The Kier molecular flexibility index (Phi) is 12.6. The fourth-order valence-corrected chi connectivity index (χ4v) is 11.3. The molecular weight excluding hydrogens is 656 g/mol. The number of carbonyl (C=O) groups excluding carboxylic acids is 1. The van der Waals surface area contributed by atoms with E-state index in [-0.39, 0.29) is 42.4 Å². The van der Waals surface area contributed by atoms with Crippen molar-refractivity contribution < 1.29 is 27.1 Å². The minimum atomic E-state index is -2.69. The van der Waals surface area contributed by atoms with Gasteiger partial charge in [0.25, 0.3) is 8.32 Å². The van der Waals surface area contributed by atoms with Crippen LogP contribution in [0.15, 0.2) is 97.1 Å². The highest BCUT2D eigenvalue weighted by Gasteiger charge is 2.50. The molecular formula is C40H48F3N3O3Si. The number of hydrogen-bond donors (Lipinski definition) is 1. The van der Waals surface area contributed by atoms with Crippen LogP contribution in [0, 0.1) is 17.5 Å². The number of amides is 2. The first-order valence-electron chi connectivity index (χ1n) is 17.2. The van der Waals surface area contributed by atoms with Gasteiger partial charge in [-0.3, -0.25) is 0 Å². The molecule has 1 heterocycles. The molecule has 10 heteroatoms. The molecule has 1 saturated heterocycles. The van der Waals surface area contributed by atoms with Crippen molar-refractivity contribution in [2.45, 2.75) is 64.4 Å². The molecule has 1 aliphatic heterocycles. The summed E-state index contributed by atoms with van der Waals surface area (Å²) in [5, 5.41) is 5.10. The van der Waals surface area contributed by atoms with Crippen LogP contribution in [0.1, 0.15) is 50.3 Å². The summed E-state index contributed by atoms with van der Waals surface area (Å²) in [6.45, 7) is 9.11. The van der Waals surface area contributed by atoms with Gasteiger partial charge in [0.1, 0.15) is 17.5 Å². The molecule has 5 rings (SSSR count). The van der Waals surface area contributed by atoms with Gasteiger partial charge in [0, 0.05) is 29.8 Å². The third kappa shape index (κ3) is 9.03. The van der Waals surface area contributed by atoms with Gasteiger partial charge >= 0.3 is 6.03 Å². The van der Waals surface area contributed by atoms with Crippen molar-refractivity contribution in [1.82, 2.24) is 15.1 Å². The third-order valence-corrected chi connectivity index (χ3v) is 14.6. The summed E-state index contributed by atoms with van der Waals surface area (Å²) in [6.07, 6.45) is 1.47. The van der Waals surface area contributed by atoms with Crippen molar-refractivity contribution in [3.63, 3.8) is 0 Å². The van der Waals surface area contributed by atoms with Gasteiger partial charge in [-0.05, 0) is 66.1 Å². The number of urea groups is 1. The van der Waals surface area contributed by atoms with Crippen LogP contribution >= 0.6 is 0 Å². The van der Waals surface area contributed by atoms with Gasteiger partial charge in [-0.15, -0.1) is 0 Å². The Hall–Kier alpha value is -3.96. The zero-order chi connectivity index (χ0) is 35.7. The van der Waals surface area contributed by atoms with E-state index in [2.05, 4.69) is 55.3 Å². The number of benzene rings is 4. The van der Waals surface area contributed by atoms with Crippen LogP contribution in [0.4, 0.5) is 18.0 Å². The average Bonchev–Trinajstić information content (AvgIpc) is 3.10. The molecule has 0 spiro atoms. The third-order valence-electron chi connectivity index (χ3n) is 9.53. The summed E-state index contributed by atoms with van der Waals surface area (Å²) in [5.74, 6) is -1.78. The molecule has 1 N–H and O–H groups in total. The van der Waals surface area contributed by atoms with Crippen LogP contribution in [-0.2, 0) is 28.9 Å². The van der Waals surface area contributed by atoms with Gasteiger partial charge in [-0.1, -0.05) is 99.6 Å². The number of halogens is 3. The van der Waals surface area contributed by atoms with Crippen LogP contribution < -0.4 is 15.7 Å². The van der Waals surface area contributed by atoms with Crippen LogP contribution in [0.25, 0.3) is 0 Å². The summed E-state index contributed by atoms with van der Waals surface area (Å²) in [6, 6.07) is 28.5. The number of nitrogens with zero attached hydrogens (tertiary/aromatic N) is 2. The van der Waals surface area contributed by atoms with Crippen molar-refractivity contribution in [3.05, 3.63) is 131 Å². The fraction of sp³-hybridized carbons (Fsp3) is 0.375. The lowest BCUT2D eigenvalue weighted by atomic mass is 10.0. The molecule has 0 saturated carbocycles. The number of hydrogen-bond acceptors (Lipinski definition) is 4. The molecule has 0 bridgehead atoms. The van der Waals surface area contributed by atoms with Crippen LogP contribution in [0.5, 0.6) is 0 Å². The molecule has 0 aromatic heterocycles. The van der Waals surface area contributed by atoms with E-state index >= 15 is 4.39 Å². The fourth-order valence-electron chi connectivity index (χ4n) is 6.80. The van der Waals surface area contributed by atoms with Crippen molar-refractivity contribution in [2.75, 3.05) is 33.4 Å². The van der Waals surface area contributed by atoms with Gasteiger partial charge in [-0.25, -0.2) is 18.0 Å². The summed E-state index contributed by atoms with van der Waals surface area (Å²) in [5.41, 5.74) is 1.24. The highest BCUT2D eigenvalue weighted by atomic mass is 28.4. The number of piperidine rings is 1. The number of nitrogens with one attached hydrogen (secondary N) is 1. The molecule has 0 radical (unpaired) electrons. The van der Waals surface area contributed by atoms with Gasteiger partial charge in [0.15, 0.2) is 0 Å². The van der Waals surface area contributed by atoms with E-state index < -0.39 is 25.8 Å². The molecule has 0 atom stereocenters. The van der Waals surface area contributed by atoms with Crippen molar-refractivity contribution >= 4 is 24.7 Å². The van der Waals surface area contributed by atoms with Gasteiger partial charge in [0.2, 0.25) is 0 Å². The van der Waals surface area contributed by atoms with Crippen LogP contribution in [0.2, 0.25) is 5.04 Å². The number of likely N-dealkylation sites (tertiary alicyclic amines) is 1. The molecule has 50 heavy (non-hydrogen) atoms. The summed E-state index contributed by atoms with van der Waals surface area (Å²) in [7, 11) is -0.671. The number of rotatable bonds is 13. The maximum Gasteiger partial charge on any atom is 0.318 e. The Morgan fingerprint density at radius 3 is 2.02 bits per heavy atom. The molecule has 0 unspecified atom stereocenters. The van der Waals surface area contributed by atoms with Crippen molar-refractivity contribution in [2.24, 2.45) is 0 Å². The zero-order valence-corrected chi connectivity index (χ0v) is 30.4. The van der Waals surface area contributed by atoms with E-state index in [1.54, 1.807) is 17.0 Å². The second-order valence-electron chi connectivity index (χ2n) is 14.0. The van der Waals surface area contributed by atoms with Gasteiger partial charge in [0.05, 0.1) is 26.4 Å². The second-order valence-corrected chi connectivity index (χ2v) is 18.4. The largest absolute Gasteiger partial charge is 0.405 e. The van der Waals surface area contributed by atoms with Gasteiger partial charge < -0.3 is 24.3 Å². The summed E-state index contributed by atoms with van der Waals surface area (Å²) < 4.78 is 56.1. The Labute approximate surface area is 295 Å². The lowest BCUT2D eigenvalue weighted by Crippen LogP contribution is -2.66. The first kappa shape index (κ1) is 37.3. The van der Waals surface area contributed by atoms with Gasteiger partial charge in [-0.2, -0.15) is 0 Å². The predicted octanol–water partition coefficient (Wildman–Crippen LogP) is 7.00. The second kappa shape index (κ2) is 16.8. The van der Waals surface area contributed by atoms with E-state index in [1.807, 2.05) is 43.4 Å². The SMILES string of the molecule is CN1CCC(N(Cc2ccc(F)cc2F)C(=O)NCc2ccc(COCCO[Si](c3ccccc3)(c3ccccc3)C(C)(C)C)c(F)c2)CC1.